The molecule has 0 aliphatic rings. The van der Waals surface area contributed by atoms with E-state index in [1.807, 2.05) is 18.2 Å². The Labute approximate surface area is 118 Å². The highest BCUT2D eigenvalue weighted by Crippen LogP contribution is 2.26. The number of rotatable bonds is 7. The summed E-state index contributed by atoms with van der Waals surface area (Å²) >= 11 is 6.17. The van der Waals surface area contributed by atoms with Crippen LogP contribution in [-0.4, -0.2) is 32.2 Å². The molecule has 0 aliphatic carbocycles. The van der Waals surface area contributed by atoms with Crippen LogP contribution in [-0.2, 0) is 16.0 Å². The Kier molecular flexibility index (Phi) is 6.50. The fourth-order valence-electron chi connectivity index (χ4n) is 1.75. The number of hydrogen-bond donors (Lipinski definition) is 0. The van der Waals surface area contributed by atoms with Crippen molar-refractivity contribution in [2.45, 2.75) is 25.1 Å². The van der Waals surface area contributed by atoms with Crippen molar-refractivity contribution in [3.8, 4) is 11.5 Å². The van der Waals surface area contributed by atoms with Gasteiger partial charge >= 0.3 is 5.97 Å². The number of ether oxygens (including phenoxy) is 3. The molecule has 0 saturated carbocycles. The minimum atomic E-state index is -0.333. The van der Waals surface area contributed by atoms with Crippen LogP contribution in [0.25, 0.3) is 0 Å². The molecule has 4 nitrogen and oxygen atoms in total. The second kappa shape index (κ2) is 7.89. The monoisotopic (exact) mass is 286 g/mol. The van der Waals surface area contributed by atoms with Crippen molar-refractivity contribution in [1.82, 2.24) is 0 Å². The third-order valence-electron chi connectivity index (χ3n) is 2.62. The van der Waals surface area contributed by atoms with Crippen LogP contribution < -0.4 is 9.47 Å². The number of esters is 1. The third kappa shape index (κ3) is 4.99. The van der Waals surface area contributed by atoms with Gasteiger partial charge in [0, 0.05) is 5.38 Å². The molecule has 0 spiro atoms. The van der Waals surface area contributed by atoms with E-state index in [2.05, 4.69) is 0 Å². The normalized spacial score (nSPS) is 11.8. The van der Waals surface area contributed by atoms with Crippen LogP contribution in [0.2, 0.25) is 0 Å². The molecule has 106 valence electrons. The van der Waals surface area contributed by atoms with Crippen LogP contribution in [0.1, 0.15) is 18.9 Å². The highest BCUT2D eigenvalue weighted by molar-refractivity contribution is 6.21. The van der Waals surface area contributed by atoms with Gasteiger partial charge in [-0.25, -0.2) is 0 Å². The van der Waals surface area contributed by atoms with Gasteiger partial charge in [-0.2, -0.15) is 0 Å². The van der Waals surface area contributed by atoms with Crippen molar-refractivity contribution >= 4 is 17.6 Å². The van der Waals surface area contributed by atoms with E-state index in [0.29, 0.717) is 13.0 Å². The summed E-state index contributed by atoms with van der Waals surface area (Å²) in [6.45, 7) is 2.14. The van der Waals surface area contributed by atoms with Gasteiger partial charge < -0.3 is 14.2 Å². The first-order valence-corrected chi connectivity index (χ1v) is 6.55. The molecule has 1 rings (SSSR count). The zero-order chi connectivity index (χ0) is 14.3. The Morgan fingerprint density at radius 2 is 2.05 bits per heavy atom. The van der Waals surface area contributed by atoms with E-state index in [-0.39, 0.29) is 17.8 Å². The standard InChI is InChI=1S/C14H19ClO4/c1-4-19-14(16)9-11(15)7-10-8-12(17-2)5-6-13(10)18-3/h5-6,8,11H,4,7,9H2,1-3H3. The van der Waals surface area contributed by atoms with Gasteiger partial charge in [0.15, 0.2) is 0 Å². The van der Waals surface area contributed by atoms with Crippen LogP contribution in [0.15, 0.2) is 18.2 Å². The van der Waals surface area contributed by atoms with Crippen LogP contribution in [0, 0.1) is 0 Å². The maximum Gasteiger partial charge on any atom is 0.307 e. The number of carbonyl (C=O) groups is 1. The van der Waals surface area contributed by atoms with Crippen molar-refractivity contribution in [3.05, 3.63) is 23.8 Å². The van der Waals surface area contributed by atoms with Gasteiger partial charge in [0.25, 0.3) is 0 Å². The van der Waals surface area contributed by atoms with Gasteiger partial charge in [0.2, 0.25) is 0 Å². The maximum atomic E-state index is 11.4. The van der Waals surface area contributed by atoms with E-state index in [9.17, 15) is 4.79 Å². The number of alkyl halides is 1. The van der Waals surface area contributed by atoms with Crippen molar-refractivity contribution in [3.63, 3.8) is 0 Å². The zero-order valence-electron chi connectivity index (χ0n) is 11.4. The van der Waals surface area contributed by atoms with Gasteiger partial charge in [-0.15, -0.1) is 11.6 Å². The predicted octanol–water partition coefficient (Wildman–Crippen LogP) is 2.81. The summed E-state index contributed by atoms with van der Waals surface area (Å²) in [5.74, 6) is 1.18. The highest BCUT2D eigenvalue weighted by atomic mass is 35.5. The summed E-state index contributed by atoms with van der Waals surface area (Å²) in [6, 6.07) is 5.50. The Balaban J connectivity index is 2.71. The lowest BCUT2D eigenvalue weighted by Crippen LogP contribution is -2.14. The molecule has 1 aromatic carbocycles. The summed E-state index contributed by atoms with van der Waals surface area (Å²) in [6.07, 6.45) is 0.691. The average molecular weight is 287 g/mol. The molecule has 0 saturated heterocycles. The van der Waals surface area contributed by atoms with Gasteiger partial charge in [-0.1, -0.05) is 0 Å². The number of carbonyl (C=O) groups excluding carboxylic acids is 1. The van der Waals surface area contributed by atoms with Crippen molar-refractivity contribution < 1.29 is 19.0 Å². The smallest absolute Gasteiger partial charge is 0.307 e. The first kappa shape index (κ1) is 15.6. The Morgan fingerprint density at radius 3 is 2.63 bits per heavy atom. The van der Waals surface area contributed by atoms with E-state index >= 15 is 0 Å². The molecule has 0 amide bonds. The third-order valence-corrected chi connectivity index (χ3v) is 2.93. The summed E-state index contributed by atoms with van der Waals surface area (Å²) in [4.78, 5) is 11.4. The quantitative estimate of drug-likeness (QED) is 0.571. The second-order valence-electron chi connectivity index (χ2n) is 3.99. The zero-order valence-corrected chi connectivity index (χ0v) is 12.2. The SMILES string of the molecule is CCOC(=O)CC(Cl)Cc1cc(OC)ccc1OC. The van der Waals surface area contributed by atoms with Gasteiger partial charge in [0.05, 0.1) is 27.2 Å². The molecule has 19 heavy (non-hydrogen) atoms. The molecule has 1 aromatic rings. The fraction of sp³-hybridized carbons (Fsp3) is 0.500. The summed E-state index contributed by atoms with van der Waals surface area (Å²) in [5, 5.41) is -0.333. The molecule has 0 aliphatic heterocycles. The molecule has 0 radical (unpaired) electrons. The van der Waals surface area contributed by atoms with Crippen molar-refractivity contribution in [2.75, 3.05) is 20.8 Å². The minimum absolute atomic E-state index is 0.176. The van der Waals surface area contributed by atoms with Crippen LogP contribution in [0.5, 0.6) is 11.5 Å². The lowest BCUT2D eigenvalue weighted by molar-refractivity contribution is -0.143. The van der Waals surface area contributed by atoms with E-state index in [0.717, 1.165) is 17.1 Å². The van der Waals surface area contributed by atoms with Crippen molar-refractivity contribution in [2.24, 2.45) is 0 Å². The van der Waals surface area contributed by atoms with E-state index in [1.54, 1.807) is 21.1 Å². The second-order valence-corrected chi connectivity index (χ2v) is 4.61. The van der Waals surface area contributed by atoms with Crippen LogP contribution in [0.4, 0.5) is 0 Å². The summed E-state index contributed by atoms with van der Waals surface area (Å²) < 4.78 is 15.3. The molecule has 0 bridgehead atoms. The number of methoxy groups -OCH3 is 2. The molecule has 5 heteroatoms. The van der Waals surface area contributed by atoms with Gasteiger partial charge in [-0.05, 0) is 37.1 Å². The molecule has 1 unspecified atom stereocenters. The molecule has 0 heterocycles. The summed E-state index contributed by atoms with van der Waals surface area (Å²) in [5.41, 5.74) is 0.908. The van der Waals surface area contributed by atoms with Crippen LogP contribution in [0.3, 0.4) is 0 Å². The molecular weight excluding hydrogens is 268 g/mol. The lowest BCUT2D eigenvalue weighted by atomic mass is 10.1. The van der Waals surface area contributed by atoms with E-state index in [4.69, 9.17) is 25.8 Å². The molecular formula is C14H19ClO4. The number of benzene rings is 1. The predicted molar refractivity (Wildman–Crippen MR) is 74.1 cm³/mol. The Bertz CT molecular complexity index is 420. The topological polar surface area (TPSA) is 44.8 Å². The van der Waals surface area contributed by atoms with Gasteiger partial charge in [-0.3, -0.25) is 4.79 Å². The average Bonchev–Trinajstić information content (AvgIpc) is 2.38. The Morgan fingerprint density at radius 1 is 1.32 bits per heavy atom. The van der Waals surface area contributed by atoms with Crippen molar-refractivity contribution in [1.29, 1.82) is 0 Å². The van der Waals surface area contributed by atoms with E-state index in [1.165, 1.54) is 0 Å². The fourth-order valence-corrected chi connectivity index (χ4v) is 2.05. The van der Waals surface area contributed by atoms with E-state index < -0.39 is 0 Å². The number of halogens is 1. The Hall–Kier alpha value is -1.42. The summed E-state index contributed by atoms with van der Waals surface area (Å²) in [7, 11) is 3.20. The number of hydrogen-bond acceptors (Lipinski definition) is 4. The molecule has 0 N–H and O–H groups in total. The molecule has 0 aromatic heterocycles. The first-order valence-electron chi connectivity index (χ1n) is 6.11. The minimum Gasteiger partial charge on any atom is -0.497 e. The highest BCUT2D eigenvalue weighted by Gasteiger charge is 2.15. The molecule has 0 fully saturated rings. The maximum absolute atomic E-state index is 11.4. The largest absolute Gasteiger partial charge is 0.497 e. The lowest BCUT2D eigenvalue weighted by Gasteiger charge is -2.13. The van der Waals surface area contributed by atoms with Crippen LogP contribution >= 0.6 is 11.6 Å². The molecule has 1 atom stereocenters. The first-order chi connectivity index (χ1) is 9.10. The van der Waals surface area contributed by atoms with Gasteiger partial charge in [0.1, 0.15) is 11.5 Å².